The predicted octanol–water partition coefficient (Wildman–Crippen LogP) is 1.28. The van der Waals surface area contributed by atoms with Crippen LogP contribution in [0.25, 0.3) is 10.9 Å². The van der Waals surface area contributed by atoms with Gasteiger partial charge in [-0.3, -0.25) is 4.98 Å². The summed E-state index contributed by atoms with van der Waals surface area (Å²) in [4.78, 5) is 4.20. The van der Waals surface area contributed by atoms with Gasteiger partial charge in [0, 0.05) is 23.9 Å². The van der Waals surface area contributed by atoms with E-state index in [9.17, 15) is 8.42 Å². The predicted molar refractivity (Wildman–Crippen MR) is 68.4 cm³/mol. The van der Waals surface area contributed by atoms with Crippen LogP contribution in [0.3, 0.4) is 0 Å². The molecule has 5 heteroatoms. The highest BCUT2D eigenvalue weighted by Gasteiger charge is 2.13. The smallest absolute Gasteiger partial charge is 0.149 e. The fourth-order valence-electron chi connectivity index (χ4n) is 1.75. The molecule has 17 heavy (non-hydrogen) atoms. The summed E-state index contributed by atoms with van der Waals surface area (Å²) >= 11 is 0. The number of benzene rings is 1. The molecule has 1 atom stereocenters. The lowest BCUT2D eigenvalue weighted by Crippen LogP contribution is -2.20. The first kappa shape index (κ1) is 12.0. The van der Waals surface area contributed by atoms with Crippen LogP contribution in [0.15, 0.2) is 36.5 Å². The van der Waals surface area contributed by atoms with E-state index in [4.69, 9.17) is 5.73 Å². The minimum Gasteiger partial charge on any atom is -0.323 e. The Bertz CT molecular complexity index is 638. The molecule has 2 N–H and O–H groups in total. The molecule has 0 amide bonds. The molecule has 1 heterocycles. The molecule has 0 aliphatic rings. The fourth-order valence-corrected chi connectivity index (χ4v) is 2.59. The van der Waals surface area contributed by atoms with Gasteiger partial charge in [0.15, 0.2) is 0 Å². The van der Waals surface area contributed by atoms with Crippen LogP contribution in [0.2, 0.25) is 0 Å². The van der Waals surface area contributed by atoms with Gasteiger partial charge in [-0.25, -0.2) is 8.42 Å². The summed E-state index contributed by atoms with van der Waals surface area (Å²) in [5.41, 5.74) is 7.57. The second-order valence-corrected chi connectivity index (χ2v) is 6.34. The Balaban J connectivity index is 2.36. The molecule has 90 valence electrons. The summed E-state index contributed by atoms with van der Waals surface area (Å²) in [6.07, 6.45) is 2.91. The summed E-state index contributed by atoms with van der Waals surface area (Å²) in [6, 6.07) is 8.85. The minimum atomic E-state index is -3.07. The molecule has 0 aliphatic carbocycles. The lowest BCUT2D eigenvalue weighted by atomic mass is 10.1. The highest BCUT2D eigenvalue weighted by molar-refractivity contribution is 7.90. The van der Waals surface area contributed by atoms with Gasteiger partial charge in [0.05, 0.1) is 11.3 Å². The Morgan fingerprint density at radius 1 is 1.35 bits per heavy atom. The van der Waals surface area contributed by atoms with Crippen molar-refractivity contribution in [2.75, 3.05) is 12.0 Å². The van der Waals surface area contributed by atoms with E-state index in [0.717, 1.165) is 16.5 Å². The van der Waals surface area contributed by atoms with Crippen molar-refractivity contribution in [3.8, 4) is 0 Å². The zero-order valence-electron chi connectivity index (χ0n) is 9.50. The summed E-state index contributed by atoms with van der Waals surface area (Å²) < 4.78 is 22.4. The van der Waals surface area contributed by atoms with Gasteiger partial charge in [0.1, 0.15) is 9.84 Å². The van der Waals surface area contributed by atoms with Crippen LogP contribution in [-0.2, 0) is 9.84 Å². The van der Waals surface area contributed by atoms with Gasteiger partial charge in [-0.15, -0.1) is 0 Å². The van der Waals surface area contributed by atoms with Crippen molar-refractivity contribution < 1.29 is 8.42 Å². The van der Waals surface area contributed by atoms with E-state index in [1.807, 2.05) is 30.3 Å². The molecular weight excluding hydrogens is 236 g/mol. The van der Waals surface area contributed by atoms with Crippen molar-refractivity contribution >= 4 is 20.7 Å². The van der Waals surface area contributed by atoms with Crippen molar-refractivity contribution in [1.29, 1.82) is 0 Å². The summed E-state index contributed by atoms with van der Waals surface area (Å²) in [6.45, 7) is 0. The maximum absolute atomic E-state index is 11.2. The number of hydrogen-bond acceptors (Lipinski definition) is 4. The van der Waals surface area contributed by atoms with Crippen molar-refractivity contribution in [3.05, 3.63) is 42.1 Å². The third kappa shape index (κ3) is 3.01. The number of aromatic nitrogens is 1. The number of nitrogens with zero attached hydrogens (tertiary/aromatic N) is 1. The largest absolute Gasteiger partial charge is 0.323 e. The molecule has 0 bridgehead atoms. The molecule has 1 aromatic carbocycles. The van der Waals surface area contributed by atoms with Crippen LogP contribution in [0.1, 0.15) is 11.6 Å². The SMILES string of the molecule is CS(=O)(=O)CC(N)c1ccc2ncccc2c1. The second kappa shape index (κ2) is 4.43. The molecule has 0 aliphatic heterocycles. The van der Waals surface area contributed by atoms with Crippen molar-refractivity contribution in [1.82, 2.24) is 4.98 Å². The van der Waals surface area contributed by atoms with E-state index in [2.05, 4.69) is 4.98 Å². The number of rotatable bonds is 3. The number of nitrogens with two attached hydrogens (primary N) is 1. The number of fused-ring (bicyclic) bond motifs is 1. The Hall–Kier alpha value is -1.46. The standard InChI is InChI=1S/C12H14N2O2S/c1-17(15,16)8-11(13)9-4-5-12-10(7-9)3-2-6-14-12/h2-7,11H,8,13H2,1H3. The number of sulfone groups is 1. The average molecular weight is 250 g/mol. The van der Waals surface area contributed by atoms with Crippen molar-refractivity contribution in [2.45, 2.75) is 6.04 Å². The summed E-state index contributed by atoms with van der Waals surface area (Å²) in [5.74, 6) is -0.0429. The number of hydrogen-bond donors (Lipinski definition) is 1. The molecule has 4 nitrogen and oxygen atoms in total. The molecule has 0 saturated carbocycles. The van der Waals surface area contributed by atoms with E-state index in [0.29, 0.717) is 0 Å². The van der Waals surface area contributed by atoms with Gasteiger partial charge < -0.3 is 5.73 Å². The zero-order valence-corrected chi connectivity index (χ0v) is 10.3. The first-order valence-electron chi connectivity index (χ1n) is 5.24. The molecule has 2 aromatic rings. The second-order valence-electron chi connectivity index (χ2n) is 4.15. The maximum Gasteiger partial charge on any atom is 0.149 e. The van der Waals surface area contributed by atoms with Crippen molar-refractivity contribution in [3.63, 3.8) is 0 Å². The van der Waals surface area contributed by atoms with E-state index in [1.54, 1.807) is 6.20 Å². The summed E-state index contributed by atoms with van der Waals surface area (Å²) in [5, 5.41) is 0.967. The van der Waals surface area contributed by atoms with Gasteiger partial charge in [0.2, 0.25) is 0 Å². The molecule has 2 rings (SSSR count). The Morgan fingerprint density at radius 3 is 2.82 bits per heavy atom. The molecule has 1 unspecified atom stereocenters. The van der Waals surface area contributed by atoms with Gasteiger partial charge >= 0.3 is 0 Å². The molecule has 0 fully saturated rings. The Morgan fingerprint density at radius 2 is 2.12 bits per heavy atom. The van der Waals surface area contributed by atoms with Crippen molar-refractivity contribution in [2.24, 2.45) is 5.73 Å². The van der Waals surface area contributed by atoms with Gasteiger partial charge in [0.25, 0.3) is 0 Å². The zero-order chi connectivity index (χ0) is 12.5. The lowest BCUT2D eigenvalue weighted by molar-refractivity contribution is 0.595. The Labute approximate surface area is 100 Å². The van der Waals surface area contributed by atoms with Gasteiger partial charge in [-0.1, -0.05) is 12.1 Å². The van der Waals surface area contributed by atoms with E-state index >= 15 is 0 Å². The van der Waals surface area contributed by atoms with Crippen LogP contribution in [0.5, 0.6) is 0 Å². The normalized spacial score (nSPS) is 13.8. The topological polar surface area (TPSA) is 73.0 Å². The fraction of sp³-hybridized carbons (Fsp3) is 0.250. The number of pyridine rings is 1. The molecule has 0 saturated heterocycles. The van der Waals surface area contributed by atoms with Gasteiger partial charge in [-0.05, 0) is 23.8 Å². The van der Waals surface area contributed by atoms with Crippen LogP contribution >= 0.6 is 0 Å². The highest BCUT2D eigenvalue weighted by atomic mass is 32.2. The Kier molecular flexibility index (Phi) is 3.13. The minimum absolute atomic E-state index is 0.0429. The van der Waals surface area contributed by atoms with Crippen LogP contribution in [0, 0.1) is 0 Å². The third-order valence-electron chi connectivity index (χ3n) is 2.54. The van der Waals surface area contributed by atoms with Crippen LogP contribution < -0.4 is 5.73 Å². The van der Waals surface area contributed by atoms with E-state index in [-0.39, 0.29) is 5.75 Å². The first-order chi connectivity index (χ1) is 7.96. The molecule has 0 radical (unpaired) electrons. The molecular formula is C12H14N2O2S. The third-order valence-corrected chi connectivity index (χ3v) is 3.50. The van der Waals surface area contributed by atoms with Crippen LogP contribution in [0.4, 0.5) is 0 Å². The lowest BCUT2D eigenvalue weighted by Gasteiger charge is -2.11. The summed E-state index contributed by atoms with van der Waals surface area (Å²) in [7, 11) is -3.07. The van der Waals surface area contributed by atoms with Gasteiger partial charge in [-0.2, -0.15) is 0 Å². The molecule has 1 aromatic heterocycles. The van der Waals surface area contributed by atoms with E-state index < -0.39 is 15.9 Å². The molecule has 0 spiro atoms. The highest BCUT2D eigenvalue weighted by Crippen LogP contribution is 2.18. The maximum atomic E-state index is 11.2. The first-order valence-corrected chi connectivity index (χ1v) is 7.30. The quantitative estimate of drug-likeness (QED) is 0.890. The van der Waals surface area contributed by atoms with Crippen LogP contribution in [-0.4, -0.2) is 25.4 Å². The average Bonchev–Trinajstić information content (AvgIpc) is 2.26. The monoisotopic (exact) mass is 250 g/mol. The van der Waals surface area contributed by atoms with E-state index in [1.165, 1.54) is 6.26 Å².